The average molecular weight is 253 g/mol. The van der Waals surface area contributed by atoms with Crippen LogP contribution < -0.4 is 4.89 Å². The van der Waals surface area contributed by atoms with Gasteiger partial charge in [0, 0.05) is 0 Å². The molecule has 1 aromatic rings. The number of benzene rings is 1. The summed E-state index contributed by atoms with van der Waals surface area (Å²) in [5, 5.41) is 0. The molecule has 9 heteroatoms. The number of sulfonamides is 1. The minimum Gasteiger partial charge on any atom is -0.302 e. The predicted molar refractivity (Wildman–Crippen MR) is 49.9 cm³/mol. The third-order valence-corrected chi connectivity index (χ3v) is 2.97. The molecule has 0 aliphatic carbocycles. The maximum atomic E-state index is 11.3. The second kappa shape index (κ2) is 4.40. The zero-order valence-electron chi connectivity index (χ0n) is 7.27. The molecule has 0 saturated heterocycles. The number of phosphoric acid groups is 1. The fraction of sp³-hybridized carbons (Fsp3) is 0. The van der Waals surface area contributed by atoms with Crippen LogP contribution in [-0.2, 0) is 19.2 Å². The van der Waals surface area contributed by atoms with Crippen LogP contribution in [0.25, 0.3) is 0 Å². The van der Waals surface area contributed by atoms with Crippen molar-refractivity contribution in [3.8, 4) is 0 Å². The van der Waals surface area contributed by atoms with E-state index in [1.165, 1.54) is 29.2 Å². The number of rotatable bonds is 4. The molecule has 0 bridgehead atoms. The second-order valence-electron chi connectivity index (χ2n) is 2.48. The van der Waals surface area contributed by atoms with E-state index in [1.807, 2.05) is 0 Å². The van der Waals surface area contributed by atoms with Crippen molar-refractivity contribution in [3.05, 3.63) is 30.3 Å². The van der Waals surface area contributed by atoms with Gasteiger partial charge in [-0.05, 0) is 12.1 Å². The summed E-state index contributed by atoms with van der Waals surface area (Å²) in [6, 6.07) is 7.04. The Kier molecular flexibility index (Phi) is 3.61. The first kappa shape index (κ1) is 12.3. The summed E-state index contributed by atoms with van der Waals surface area (Å²) in [7, 11) is -8.93. The molecule has 0 saturated carbocycles. The molecule has 0 aliphatic rings. The highest BCUT2D eigenvalue weighted by Gasteiger charge is 2.21. The van der Waals surface area contributed by atoms with Gasteiger partial charge in [0.25, 0.3) is 10.0 Å². The molecule has 1 aromatic carbocycles. The summed E-state index contributed by atoms with van der Waals surface area (Å²) in [5.74, 6) is 0. The molecule has 7 nitrogen and oxygen atoms in total. The lowest BCUT2D eigenvalue weighted by atomic mass is 10.4. The van der Waals surface area contributed by atoms with E-state index in [0.717, 1.165) is 0 Å². The number of hydrogen-bond acceptors (Lipinski definition) is 4. The largest absolute Gasteiger partial charge is 0.487 e. The van der Waals surface area contributed by atoms with Gasteiger partial charge in [-0.2, -0.15) is 4.62 Å². The molecule has 0 fully saturated rings. The van der Waals surface area contributed by atoms with Gasteiger partial charge in [-0.25, -0.2) is 13.0 Å². The third kappa shape index (κ3) is 4.08. The Morgan fingerprint density at radius 1 is 1.20 bits per heavy atom. The van der Waals surface area contributed by atoms with Crippen molar-refractivity contribution in [2.45, 2.75) is 4.90 Å². The Bertz CT molecular complexity index is 466. The quantitative estimate of drug-likeness (QED) is 0.513. The maximum absolute atomic E-state index is 11.3. The molecular weight excluding hydrogens is 245 g/mol. The first-order chi connectivity index (χ1) is 6.81. The predicted octanol–water partition coefficient (Wildman–Crippen LogP) is -0.0108. The Hall–Kier alpha value is -0.760. The van der Waals surface area contributed by atoms with Gasteiger partial charge in [-0.1, -0.05) is 23.1 Å². The van der Waals surface area contributed by atoms with E-state index in [4.69, 9.17) is 9.79 Å². The highest BCUT2D eigenvalue weighted by Crippen LogP contribution is 2.34. The van der Waals surface area contributed by atoms with Gasteiger partial charge in [0.05, 0.1) is 4.90 Å². The smallest absolute Gasteiger partial charge is 0.302 e. The van der Waals surface area contributed by atoms with E-state index in [0.29, 0.717) is 0 Å². The van der Waals surface area contributed by atoms with E-state index < -0.39 is 17.8 Å². The molecule has 15 heavy (non-hydrogen) atoms. The van der Waals surface area contributed by atoms with Crippen LogP contribution in [-0.4, -0.2) is 18.2 Å². The van der Waals surface area contributed by atoms with Gasteiger partial charge in [0.1, 0.15) is 0 Å². The molecule has 1 rings (SSSR count). The standard InChI is InChI=1S/C6H8NO6PS/c8-14(9,10)13-7-15(11,12)6-4-2-1-3-5-6/h1-5,7H,(H2,8,9,10). The lowest BCUT2D eigenvalue weighted by molar-refractivity contribution is 0.169. The molecule has 0 heterocycles. The SMILES string of the molecule is O=P(O)(O)ONS(=O)(=O)c1ccccc1. The Labute approximate surface area is 85.9 Å². The van der Waals surface area contributed by atoms with Crippen molar-refractivity contribution in [1.82, 2.24) is 4.89 Å². The molecule has 0 spiro atoms. The van der Waals surface area contributed by atoms with Gasteiger partial charge < -0.3 is 9.79 Å². The lowest BCUT2D eigenvalue weighted by Crippen LogP contribution is -2.22. The van der Waals surface area contributed by atoms with Crippen LogP contribution in [0.5, 0.6) is 0 Å². The molecule has 0 radical (unpaired) electrons. The van der Waals surface area contributed by atoms with E-state index in [-0.39, 0.29) is 4.90 Å². The molecule has 0 aliphatic heterocycles. The van der Waals surface area contributed by atoms with Crippen LogP contribution in [0, 0.1) is 0 Å². The zero-order valence-corrected chi connectivity index (χ0v) is 8.98. The molecule has 0 aromatic heterocycles. The van der Waals surface area contributed by atoms with Gasteiger partial charge in [-0.3, -0.25) is 0 Å². The summed E-state index contributed by atoms with van der Waals surface area (Å²) in [5.41, 5.74) is 0. The molecule has 84 valence electrons. The third-order valence-electron chi connectivity index (χ3n) is 1.32. The first-order valence-electron chi connectivity index (χ1n) is 3.62. The van der Waals surface area contributed by atoms with E-state index in [9.17, 15) is 13.0 Å². The van der Waals surface area contributed by atoms with E-state index in [2.05, 4.69) is 4.62 Å². The Morgan fingerprint density at radius 2 is 1.73 bits per heavy atom. The summed E-state index contributed by atoms with van der Waals surface area (Å²) in [4.78, 5) is 17.7. The monoisotopic (exact) mass is 253 g/mol. The van der Waals surface area contributed by atoms with Crippen LogP contribution in [0.3, 0.4) is 0 Å². The minimum absolute atomic E-state index is 0.154. The molecule has 0 amide bonds. The van der Waals surface area contributed by atoms with Gasteiger partial charge in [0.2, 0.25) is 0 Å². The van der Waals surface area contributed by atoms with E-state index >= 15 is 0 Å². The van der Waals surface area contributed by atoms with Crippen LogP contribution in [0.4, 0.5) is 0 Å². The van der Waals surface area contributed by atoms with Gasteiger partial charge >= 0.3 is 7.82 Å². The van der Waals surface area contributed by atoms with Gasteiger partial charge in [0.15, 0.2) is 0 Å². The second-order valence-corrected chi connectivity index (χ2v) is 5.29. The van der Waals surface area contributed by atoms with Crippen molar-refractivity contribution in [2.75, 3.05) is 0 Å². The van der Waals surface area contributed by atoms with Gasteiger partial charge in [-0.15, -0.1) is 0 Å². The number of nitrogens with one attached hydrogen (secondary N) is 1. The minimum atomic E-state index is -4.87. The van der Waals surface area contributed by atoms with Crippen molar-refractivity contribution < 1.29 is 27.4 Å². The molecular formula is C6H8NO6PS. The molecule has 3 N–H and O–H groups in total. The summed E-state index contributed by atoms with van der Waals surface area (Å²) in [6.45, 7) is 0. The highest BCUT2D eigenvalue weighted by atomic mass is 32.2. The average Bonchev–Trinajstić information content (AvgIpc) is 2.16. The zero-order chi connectivity index (χ0) is 11.5. The fourth-order valence-corrected chi connectivity index (χ4v) is 2.14. The highest BCUT2D eigenvalue weighted by molar-refractivity contribution is 7.89. The van der Waals surface area contributed by atoms with Crippen molar-refractivity contribution >= 4 is 17.8 Å². The summed E-state index contributed by atoms with van der Waals surface area (Å²) in [6.07, 6.45) is 0. The molecule has 0 atom stereocenters. The maximum Gasteiger partial charge on any atom is 0.487 e. The number of hydrogen-bond donors (Lipinski definition) is 3. The van der Waals surface area contributed by atoms with Crippen LogP contribution in [0.15, 0.2) is 35.2 Å². The normalized spacial score (nSPS) is 12.7. The van der Waals surface area contributed by atoms with E-state index in [1.54, 1.807) is 6.07 Å². The van der Waals surface area contributed by atoms with Crippen molar-refractivity contribution in [3.63, 3.8) is 0 Å². The first-order valence-corrected chi connectivity index (χ1v) is 6.63. The summed E-state index contributed by atoms with van der Waals surface area (Å²) < 4.78 is 36.5. The lowest BCUT2D eigenvalue weighted by Gasteiger charge is -2.06. The Balaban J connectivity index is 2.82. The molecule has 0 unspecified atom stereocenters. The van der Waals surface area contributed by atoms with Crippen LogP contribution in [0.1, 0.15) is 0 Å². The van der Waals surface area contributed by atoms with Crippen LogP contribution >= 0.6 is 7.82 Å². The Morgan fingerprint density at radius 3 is 2.20 bits per heavy atom. The fourth-order valence-electron chi connectivity index (χ4n) is 0.745. The van der Waals surface area contributed by atoms with Crippen molar-refractivity contribution in [2.24, 2.45) is 0 Å². The van der Waals surface area contributed by atoms with Crippen molar-refractivity contribution in [1.29, 1.82) is 0 Å². The topological polar surface area (TPSA) is 113 Å². The summed E-state index contributed by atoms with van der Waals surface area (Å²) >= 11 is 0. The van der Waals surface area contributed by atoms with Crippen LogP contribution in [0.2, 0.25) is 0 Å².